The SMILES string of the molecule is CCOC(=O)c1cnn(CC2(O)CCC(C(=O)O)CC2)c1. The number of hydrogen-bond donors (Lipinski definition) is 2. The first kappa shape index (κ1) is 15.5. The zero-order valence-corrected chi connectivity index (χ0v) is 12.0. The van der Waals surface area contributed by atoms with Gasteiger partial charge in [0.1, 0.15) is 0 Å². The van der Waals surface area contributed by atoms with Crippen molar-refractivity contribution in [3.63, 3.8) is 0 Å². The van der Waals surface area contributed by atoms with E-state index in [-0.39, 0.29) is 12.5 Å². The fourth-order valence-corrected chi connectivity index (χ4v) is 2.63. The average Bonchev–Trinajstić information content (AvgIpc) is 2.87. The average molecular weight is 296 g/mol. The van der Waals surface area contributed by atoms with Gasteiger partial charge in [0.2, 0.25) is 0 Å². The highest BCUT2D eigenvalue weighted by Gasteiger charge is 2.36. The summed E-state index contributed by atoms with van der Waals surface area (Å²) in [7, 11) is 0. The van der Waals surface area contributed by atoms with E-state index in [0.717, 1.165) is 0 Å². The molecule has 0 unspecified atom stereocenters. The van der Waals surface area contributed by atoms with Crippen LogP contribution in [0.2, 0.25) is 0 Å². The highest BCUT2D eigenvalue weighted by Crippen LogP contribution is 2.33. The molecule has 0 aromatic carbocycles. The Morgan fingerprint density at radius 3 is 2.71 bits per heavy atom. The first-order valence-electron chi connectivity index (χ1n) is 7.08. The van der Waals surface area contributed by atoms with Crippen LogP contribution in [0.4, 0.5) is 0 Å². The molecule has 116 valence electrons. The highest BCUT2D eigenvalue weighted by molar-refractivity contribution is 5.88. The quantitative estimate of drug-likeness (QED) is 0.788. The predicted octanol–water partition coefficient (Wildman–Crippen LogP) is 1.07. The molecular weight excluding hydrogens is 276 g/mol. The number of hydrogen-bond acceptors (Lipinski definition) is 5. The number of carboxylic acid groups (broad SMARTS) is 1. The summed E-state index contributed by atoms with van der Waals surface area (Å²) in [6.45, 7) is 2.27. The van der Waals surface area contributed by atoms with E-state index in [4.69, 9.17) is 9.84 Å². The Kier molecular flexibility index (Phi) is 4.62. The van der Waals surface area contributed by atoms with Crippen molar-refractivity contribution in [2.45, 2.75) is 44.8 Å². The maximum absolute atomic E-state index is 11.5. The van der Waals surface area contributed by atoms with Gasteiger partial charge in [-0.05, 0) is 32.6 Å². The van der Waals surface area contributed by atoms with Gasteiger partial charge in [-0.25, -0.2) is 4.79 Å². The molecule has 2 N–H and O–H groups in total. The molecule has 0 spiro atoms. The monoisotopic (exact) mass is 296 g/mol. The van der Waals surface area contributed by atoms with Crippen molar-refractivity contribution < 1.29 is 24.5 Å². The van der Waals surface area contributed by atoms with Crippen LogP contribution in [0.15, 0.2) is 12.4 Å². The summed E-state index contributed by atoms with van der Waals surface area (Å²) in [6.07, 6.45) is 4.69. The molecule has 0 aliphatic heterocycles. The lowest BCUT2D eigenvalue weighted by Crippen LogP contribution is -2.39. The Balaban J connectivity index is 1.95. The normalized spacial score (nSPS) is 25.5. The lowest BCUT2D eigenvalue weighted by atomic mass is 9.79. The summed E-state index contributed by atoms with van der Waals surface area (Å²) in [5.74, 6) is -1.62. The number of nitrogens with zero attached hydrogens (tertiary/aromatic N) is 2. The summed E-state index contributed by atoms with van der Waals surface area (Å²) < 4.78 is 6.38. The molecule has 0 amide bonds. The third kappa shape index (κ3) is 3.81. The molecule has 1 aromatic rings. The van der Waals surface area contributed by atoms with E-state index in [0.29, 0.717) is 37.9 Å². The fourth-order valence-electron chi connectivity index (χ4n) is 2.63. The van der Waals surface area contributed by atoms with Crippen LogP contribution in [0.5, 0.6) is 0 Å². The molecule has 1 fully saturated rings. The lowest BCUT2D eigenvalue weighted by molar-refractivity contribution is -0.145. The van der Waals surface area contributed by atoms with Gasteiger partial charge in [-0.1, -0.05) is 0 Å². The number of aromatic nitrogens is 2. The Labute approximate surface area is 122 Å². The standard InChI is InChI=1S/C14H20N2O5/c1-2-21-13(19)11-7-15-16(8-11)9-14(20)5-3-10(4-6-14)12(17)18/h7-8,10,20H,2-6,9H2,1H3,(H,17,18). The molecule has 0 atom stereocenters. The van der Waals surface area contributed by atoms with Gasteiger partial charge in [0.15, 0.2) is 0 Å². The van der Waals surface area contributed by atoms with E-state index in [1.165, 1.54) is 10.9 Å². The summed E-state index contributed by atoms with van der Waals surface area (Å²) in [5.41, 5.74) is -0.621. The molecule has 1 saturated carbocycles. The maximum Gasteiger partial charge on any atom is 0.341 e. The second-order valence-electron chi connectivity index (χ2n) is 5.48. The van der Waals surface area contributed by atoms with E-state index in [1.54, 1.807) is 13.1 Å². The van der Waals surface area contributed by atoms with Gasteiger partial charge in [0.05, 0.1) is 36.4 Å². The minimum Gasteiger partial charge on any atom is -0.481 e. The maximum atomic E-state index is 11.5. The number of ether oxygens (including phenoxy) is 1. The zero-order valence-electron chi connectivity index (χ0n) is 12.0. The van der Waals surface area contributed by atoms with Gasteiger partial charge in [-0.2, -0.15) is 5.10 Å². The van der Waals surface area contributed by atoms with Crippen molar-refractivity contribution in [1.29, 1.82) is 0 Å². The largest absolute Gasteiger partial charge is 0.481 e. The van der Waals surface area contributed by atoms with Crippen molar-refractivity contribution in [2.24, 2.45) is 5.92 Å². The van der Waals surface area contributed by atoms with Crippen LogP contribution in [0, 0.1) is 5.92 Å². The third-order valence-corrected chi connectivity index (χ3v) is 3.87. The molecule has 0 radical (unpaired) electrons. The number of aliphatic carboxylic acids is 1. The van der Waals surface area contributed by atoms with Gasteiger partial charge in [0, 0.05) is 6.20 Å². The molecule has 21 heavy (non-hydrogen) atoms. The topological polar surface area (TPSA) is 102 Å². The second-order valence-corrected chi connectivity index (χ2v) is 5.48. The Hall–Kier alpha value is -1.89. The summed E-state index contributed by atoms with van der Waals surface area (Å²) in [4.78, 5) is 22.5. The van der Waals surface area contributed by atoms with Crippen molar-refractivity contribution in [3.05, 3.63) is 18.0 Å². The first-order chi connectivity index (χ1) is 9.93. The smallest absolute Gasteiger partial charge is 0.341 e. The van der Waals surface area contributed by atoms with E-state index in [9.17, 15) is 14.7 Å². The highest BCUT2D eigenvalue weighted by atomic mass is 16.5. The number of carbonyl (C=O) groups is 2. The van der Waals surface area contributed by atoms with Crippen molar-refractivity contribution >= 4 is 11.9 Å². The van der Waals surface area contributed by atoms with Crippen LogP contribution >= 0.6 is 0 Å². The first-order valence-corrected chi connectivity index (χ1v) is 7.08. The molecule has 1 aromatic heterocycles. The van der Waals surface area contributed by atoms with Crippen molar-refractivity contribution in [2.75, 3.05) is 6.61 Å². The third-order valence-electron chi connectivity index (χ3n) is 3.87. The van der Waals surface area contributed by atoms with Crippen LogP contribution in [0.3, 0.4) is 0 Å². The molecular formula is C14H20N2O5. The van der Waals surface area contributed by atoms with E-state index < -0.39 is 17.5 Å². The van der Waals surface area contributed by atoms with Gasteiger partial charge in [0.25, 0.3) is 0 Å². The fraction of sp³-hybridized carbons (Fsp3) is 0.643. The van der Waals surface area contributed by atoms with Gasteiger partial charge < -0.3 is 14.9 Å². The molecule has 0 saturated heterocycles. The van der Waals surface area contributed by atoms with Gasteiger partial charge in [-0.3, -0.25) is 9.48 Å². The zero-order chi connectivity index (χ0) is 15.5. The Morgan fingerprint density at radius 2 is 2.14 bits per heavy atom. The number of carboxylic acids is 1. The Morgan fingerprint density at radius 1 is 1.48 bits per heavy atom. The number of carbonyl (C=O) groups excluding carboxylic acids is 1. The molecule has 1 aliphatic rings. The predicted molar refractivity (Wildman–Crippen MR) is 72.7 cm³/mol. The Bertz CT molecular complexity index is 517. The van der Waals surface area contributed by atoms with E-state index in [2.05, 4.69) is 5.10 Å². The minimum atomic E-state index is -0.968. The van der Waals surface area contributed by atoms with Gasteiger partial charge >= 0.3 is 11.9 Å². The van der Waals surface area contributed by atoms with Crippen LogP contribution < -0.4 is 0 Å². The molecule has 7 nitrogen and oxygen atoms in total. The number of rotatable bonds is 5. The van der Waals surface area contributed by atoms with E-state index >= 15 is 0 Å². The molecule has 1 aliphatic carbocycles. The minimum absolute atomic E-state index is 0.249. The number of esters is 1. The van der Waals surface area contributed by atoms with E-state index in [1.807, 2.05) is 0 Å². The molecule has 1 heterocycles. The van der Waals surface area contributed by atoms with Crippen molar-refractivity contribution in [3.8, 4) is 0 Å². The van der Waals surface area contributed by atoms with Crippen molar-refractivity contribution in [1.82, 2.24) is 9.78 Å². The lowest BCUT2D eigenvalue weighted by Gasteiger charge is -2.34. The van der Waals surface area contributed by atoms with Crippen LogP contribution in [-0.4, -0.2) is 44.1 Å². The molecule has 2 rings (SSSR count). The summed E-state index contributed by atoms with van der Waals surface area (Å²) in [5, 5.41) is 23.5. The van der Waals surface area contributed by atoms with Gasteiger partial charge in [-0.15, -0.1) is 0 Å². The second kappa shape index (κ2) is 6.26. The number of aliphatic hydroxyl groups is 1. The molecule has 7 heteroatoms. The summed E-state index contributed by atoms with van der Waals surface area (Å²) >= 11 is 0. The molecule has 0 bridgehead atoms. The summed E-state index contributed by atoms with van der Waals surface area (Å²) in [6, 6.07) is 0. The van der Waals surface area contributed by atoms with Crippen LogP contribution in [0.25, 0.3) is 0 Å². The van der Waals surface area contributed by atoms with Crippen LogP contribution in [-0.2, 0) is 16.1 Å². The van der Waals surface area contributed by atoms with Crippen LogP contribution in [0.1, 0.15) is 43.0 Å².